The van der Waals surface area contributed by atoms with E-state index in [2.05, 4.69) is 34.4 Å². The first-order chi connectivity index (χ1) is 14.2. The quantitative estimate of drug-likeness (QED) is 0.622. The highest BCUT2D eigenvalue weighted by Crippen LogP contribution is 2.35. The van der Waals surface area contributed by atoms with Gasteiger partial charge in [-0.05, 0) is 37.3 Å². The van der Waals surface area contributed by atoms with Gasteiger partial charge in [0.25, 0.3) is 0 Å². The standard InChI is InChI=1S/C23H27N3O3/c1-28-22-13-20-18(12-21(22)24-14-16-6-4-3-5-7-16)15-26(25-20)19-10-8-17(9-11-19)23(27)29-2/h3-7,12-13,15,17,19,24H,8-11,14H2,1-2H3. The van der Waals surface area contributed by atoms with Gasteiger partial charge in [-0.15, -0.1) is 0 Å². The van der Waals surface area contributed by atoms with Gasteiger partial charge in [-0.2, -0.15) is 5.10 Å². The molecule has 0 atom stereocenters. The predicted octanol–water partition coefficient (Wildman–Crippen LogP) is 4.56. The van der Waals surface area contributed by atoms with E-state index < -0.39 is 0 Å². The zero-order valence-corrected chi connectivity index (χ0v) is 16.9. The van der Waals surface area contributed by atoms with Crippen LogP contribution in [-0.2, 0) is 16.1 Å². The van der Waals surface area contributed by atoms with Crippen molar-refractivity contribution in [2.24, 2.45) is 5.92 Å². The van der Waals surface area contributed by atoms with Gasteiger partial charge in [0.1, 0.15) is 5.75 Å². The minimum Gasteiger partial charge on any atom is -0.495 e. The highest BCUT2D eigenvalue weighted by atomic mass is 16.5. The van der Waals surface area contributed by atoms with Crippen LogP contribution in [-0.4, -0.2) is 30.0 Å². The fourth-order valence-electron chi connectivity index (χ4n) is 4.10. The number of nitrogens with zero attached hydrogens (tertiary/aromatic N) is 2. The number of esters is 1. The third kappa shape index (κ3) is 4.21. The van der Waals surface area contributed by atoms with Crippen LogP contribution in [0.1, 0.15) is 37.3 Å². The summed E-state index contributed by atoms with van der Waals surface area (Å²) in [5.41, 5.74) is 3.09. The van der Waals surface area contributed by atoms with Crippen molar-refractivity contribution >= 4 is 22.6 Å². The molecule has 0 radical (unpaired) electrons. The van der Waals surface area contributed by atoms with Crippen LogP contribution >= 0.6 is 0 Å². The van der Waals surface area contributed by atoms with Crippen LogP contribution in [0.4, 0.5) is 5.69 Å². The average Bonchev–Trinajstić information content (AvgIpc) is 3.20. The van der Waals surface area contributed by atoms with Gasteiger partial charge < -0.3 is 14.8 Å². The zero-order chi connectivity index (χ0) is 20.2. The molecule has 1 N–H and O–H groups in total. The summed E-state index contributed by atoms with van der Waals surface area (Å²) >= 11 is 0. The third-order valence-electron chi connectivity index (χ3n) is 5.77. The van der Waals surface area contributed by atoms with Crippen LogP contribution in [0.3, 0.4) is 0 Å². The van der Waals surface area contributed by atoms with Gasteiger partial charge in [0, 0.05) is 24.2 Å². The summed E-state index contributed by atoms with van der Waals surface area (Å²) < 4.78 is 12.5. The van der Waals surface area contributed by atoms with Crippen LogP contribution in [0.5, 0.6) is 5.75 Å². The lowest BCUT2D eigenvalue weighted by Crippen LogP contribution is -2.24. The van der Waals surface area contributed by atoms with Crippen molar-refractivity contribution in [2.75, 3.05) is 19.5 Å². The summed E-state index contributed by atoms with van der Waals surface area (Å²) in [5.74, 6) is 0.719. The number of aromatic nitrogens is 2. The maximum Gasteiger partial charge on any atom is 0.308 e. The highest BCUT2D eigenvalue weighted by molar-refractivity contribution is 5.85. The molecule has 4 rings (SSSR count). The van der Waals surface area contributed by atoms with Gasteiger partial charge in [0.15, 0.2) is 0 Å². The number of hydrogen-bond donors (Lipinski definition) is 1. The lowest BCUT2D eigenvalue weighted by atomic mass is 9.86. The predicted molar refractivity (Wildman–Crippen MR) is 113 cm³/mol. The van der Waals surface area contributed by atoms with E-state index in [0.29, 0.717) is 6.04 Å². The molecule has 0 amide bonds. The van der Waals surface area contributed by atoms with E-state index in [4.69, 9.17) is 14.6 Å². The molecule has 1 heterocycles. The van der Waals surface area contributed by atoms with Gasteiger partial charge in [-0.25, -0.2) is 0 Å². The number of ether oxygens (including phenoxy) is 2. The molecule has 0 bridgehead atoms. The molecule has 6 nitrogen and oxygen atoms in total. The number of fused-ring (bicyclic) bond motifs is 1. The van der Waals surface area contributed by atoms with Crippen molar-refractivity contribution < 1.29 is 14.3 Å². The van der Waals surface area contributed by atoms with Crippen LogP contribution in [0, 0.1) is 5.92 Å². The van der Waals surface area contributed by atoms with Gasteiger partial charge in [-0.3, -0.25) is 9.48 Å². The number of benzene rings is 2. The Kier molecular flexibility index (Phi) is 5.69. The Labute approximate surface area is 170 Å². The lowest BCUT2D eigenvalue weighted by Gasteiger charge is -2.26. The van der Waals surface area contributed by atoms with Gasteiger partial charge in [0.05, 0.1) is 37.4 Å². The average molecular weight is 393 g/mol. The van der Waals surface area contributed by atoms with Crippen molar-refractivity contribution in [2.45, 2.75) is 38.3 Å². The number of methoxy groups -OCH3 is 2. The van der Waals surface area contributed by atoms with E-state index in [1.165, 1.54) is 12.7 Å². The van der Waals surface area contributed by atoms with Gasteiger partial charge in [-0.1, -0.05) is 30.3 Å². The van der Waals surface area contributed by atoms with Gasteiger partial charge >= 0.3 is 5.97 Å². The number of carbonyl (C=O) groups excluding carboxylic acids is 1. The molecule has 1 aliphatic rings. The number of carbonyl (C=O) groups is 1. The van der Waals surface area contributed by atoms with E-state index in [0.717, 1.165) is 54.6 Å². The first kappa shape index (κ1) is 19.3. The van der Waals surface area contributed by atoms with Crippen LogP contribution in [0.15, 0.2) is 48.7 Å². The zero-order valence-electron chi connectivity index (χ0n) is 16.9. The molecule has 0 saturated heterocycles. The molecule has 0 aliphatic heterocycles. The summed E-state index contributed by atoms with van der Waals surface area (Å²) in [5, 5.41) is 9.34. The monoisotopic (exact) mass is 393 g/mol. The van der Waals surface area contributed by atoms with Gasteiger partial charge in [0.2, 0.25) is 0 Å². The molecule has 1 aromatic heterocycles. The molecular formula is C23H27N3O3. The van der Waals surface area contributed by atoms with Crippen LogP contribution in [0.25, 0.3) is 10.9 Å². The highest BCUT2D eigenvalue weighted by Gasteiger charge is 2.28. The number of anilines is 1. The number of nitrogens with one attached hydrogen (secondary N) is 1. The maximum absolute atomic E-state index is 11.8. The van der Waals surface area contributed by atoms with Crippen molar-refractivity contribution in [3.05, 3.63) is 54.2 Å². The van der Waals surface area contributed by atoms with E-state index in [-0.39, 0.29) is 11.9 Å². The number of hydrogen-bond acceptors (Lipinski definition) is 5. The Morgan fingerprint density at radius 3 is 2.59 bits per heavy atom. The molecule has 2 aromatic carbocycles. The topological polar surface area (TPSA) is 65.4 Å². The first-order valence-corrected chi connectivity index (χ1v) is 10.1. The SMILES string of the molecule is COC(=O)C1CCC(n2cc3cc(NCc4ccccc4)c(OC)cc3n2)CC1. The third-order valence-corrected chi connectivity index (χ3v) is 5.77. The minimum atomic E-state index is -0.0899. The molecule has 6 heteroatoms. The molecule has 29 heavy (non-hydrogen) atoms. The molecule has 0 spiro atoms. The van der Waals surface area contributed by atoms with E-state index >= 15 is 0 Å². The molecule has 0 unspecified atom stereocenters. The second-order valence-electron chi connectivity index (χ2n) is 7.59. The number of rotatable bonds is 6. The van der Waals surface area contributed by atoms with E-state index in [1.54, 1.807) is 7.11 Å². The summed E-state index contributed by atoms with van der Waals surface area (Å²) in [6.45, 7) is 0.731. The smallest absolute Gasteiger partial charge is 0.308 e. The molecular weight excluding hydrogens is 366 g/mol. The summed E-state index contributed by atoms with van der Waals surface area (Å²) in [4.78, 5) is 11.8. The minimum absolute atomic E-state index is 0.0233. The largest absolute Gasteiger partial charge is 0.495 e. The Balaban J connectivity index is 1.51. The molecule has 1 fully saturated rings. The fraction of sp³-hybridized carbons (Fsp3) is 0.391. The van der Waals surface area contributed by atoms with Crippen molar-refractivity contribution in [3.63, 3.8) is 0 Å². The Hall–Kier alpha value is -3.02. The van der Waals surface area contributed by atoms with Crippen LogP contribution < -0.4 is 10.1 Å². The fourth-order valence-corrected chi connectivity index (χ4v) is 4.10. The Bertz CT molecular complexity index is 976. The van der Waals surface area contributed by atoms with Crippen molar-refractivity contribution in [1.29, 1.82) is 0 Å². The second kappa shape index (κ2) is 8.55. The molecule has 3 aromatic rings. The normalized spacial score (nSPS) is 19.1. The molecule has 1 saturated carbocycles. The lowest BCUT2D eigenvalue weighted by molar-refractivity contribution is -0.146. The van der Waals surface area contributed by atoms with Crippen molar-refractivity contribution in [1.82, 2.24) is 9.78 Å². The summed E-state index contributed by atoms with van der Waals surface area (Å²) in [6.07, 6.45) is 5.67. The Morgan fingerprint density at radius 1 is 1.14 bits per heavy atom. The second-order valence-corrected chi connectivity index (χ2v) is 7.59. The maximum atomic E-state index is 11.8. The van der Waals surface area contributed by atoms with E-state index in [9.17, 15) is 4.79 Å². The molecule has 152 valence electrons. The summed E-state index contributed by atoms with van der Waals surface area (Å²) in [7, 11) is 3.14. The molecule has 1 aliphatic carbocycles. The van der Waals surface area contributed by atoms with Crippen molar-refractivity contribution in [3.8, 4) is 5.75 Å². The first-order valence-electron chi connectivity index (χ1n) is 10.1. The Morgan fingerprint density at radius 2 is 1.90 bits per heavy atom. The summed E-state index contributed by atoms with van der Waals surface area (Å²) in [6, 6.07) is 14.7. The van der Waals surface area contributed by atoms with E-state index in [1.807, 2.05) is 24.3 Å². The van der Waals surface area contributed by atoms with Crippen LogP contribution in [0.2, 0.25) is 0 Å².